The Morgan fingerprint density at radius 2 is 1.83 bits per heavy atom. The van der Waals surface area contributed by atoms with E-state index in [2.05, 4.69) is 66.3 Å². The summed E-state index contributed by atoms with van der Waals surface area (Å²) in [6, 6.07) is 16.3. The average Bonchev–Trinajstić information content (AvgIpc) is 3.18. The van der Waals surface area contributed by atoms with Gasteiger partial charge in [0.15, 0.2) is 5.96 Å². The molecule has 0 radical (unpaired) electrons. The first kappa shape index (κ1) is 23.6. The van der Waals surface area contributed by atoms with Crippen molar-refractivity contribution in [1.29, 1.82) is 0 Å². The smallest absolute Gasteiger partial charge is 0.192 e. The molecule has 0 amide bonds. The van der Waals surface area contributed by atoms with Gasteiger partial charge in [-0.25, -0.2) is 4.99 Å². The number of benzene rings is 2. The van der Waals surface area contributed by atoms with E-state index >= 15 is 0 Å². The standard InChI is InChI=1S/C22H23Cl2N3.C3H4/c1-3-4-8-15(2)20-21(17-9-6-5-7-10-17)27-22(26-20)25-14-16-11-12-18(23)19(24)13-16;1-3-2/h3-13,20-21H,14H2,1-2H3,(H2,25,26,27);1H,2H3/b4-3-,15-8+;/t20-,21?;/m1./s1. The van der Waals surface area contributed by atoms with E-state index in [4.69, 9.17) is 28.2 Å². The maximum absolute atomic E-state index is 6.10. The Labute approximate surface area is 189 Å². The molecule has 0 aromatic heterocycles. The zero-order valence-corrected chi connectivity index (χ0v) is 19.0. The molecule has 0 aliphatic carbocycles. The van der Waals surface area contributed by atoms with Gasteiger partial charge < -0.3 is 10.6 Å². The van der Waals surface area contributed by atoms with E-state index in [1.165, 1.54) is 11.1 Å². The summed E-state index contributed by atoms with van der Waals surface area (Å²) in [6.07, 6.45) is 10.8. The van der Waals surface area contributed by atoms with Gasteiger partial charge in [0.2, 0.25) is 0 Å². The number of hydrogen-bond donors (Lipinski definition) is 2. The second-order valence-electron chi connectivity index (χ2n) is 6.79. The number of guanidine groups is 1. The molecule has 1 aliphatic rings. The topological polar surface area (TPSA) is 36.4 Å². The first-order valence-corrected chi connectivity index (χ1v) is 10.5. The summed E-state index contributed by atoms with van der Waals surface area (Å²) in [5.74, 6) is 3.04. The first-order valence-electron chi connectivity index (χ1n) is 9.73. The van der Waals surface area contributed by atoms with Crippen molar-refractivity contribution in [3.05, 3.63) is 93.5 Å². The van der Waals surface area contributed by atoms with Gasteiger partial charge >= 0.3 is 0 Å². The lowest BCUT2D eigenvalue weighted by Crippen LogP contribution is -2.29. The number of halogens is 2. The molecule has 2 N–H and O–H groups in total. The molecular formula is C25H27Cl2N3. The van der Waals surface area contributed by atoms with Crippen LogP contribution in [-0.2, 0) is 6.54 Å². The molecule has 2 aromatic carbocycles. The second kappa shape index (κ2) is 12.1. The minimum absolute atomic E-state index is 0.125. The van der Waals surface area contributed by atoms with E-state index in [1.54, 1.807) is 13.0 Å². The Bertz CT molecular complexity index is 956. The lowest BCUT2D eigenvalue weighted by molar-refractivity contribution is 0.589. The van der Waals surface area contributed by atoms with Crippen LogP contribution in [0.25, 0.3) is 0 Å². The van der Waals surface area contributed by atoms with Crippen LogP contribution in [0.2, 0.25) is 10.0 Å². The third kappa shape index (κ3) is 6.69. The number of hydrogen-bond acceptors (Lipinski definition) is 1. The van der Waals surface area contributed by atoms with Gasteiger partial charge in [0.25, 0.3) is 0 Å². The van der Waals surface area contributed by atoms with Gasteiger partial charge in [0, 0.05) is 0 Å². The van der Waals surface area contributed by atoms with Gasteiger partial charge in [-0.2, -0.15) is 0 Å². The summed E-state index contributed by atoms with van der Waals surface area (Å²) in [6.45, 7) is 6.33. The maximum Gasteiger partial charge on any atom is 0.192 e. The molecule has 0 bridgehead atoms. The van der Waals surface area contributed by atoms with Crippen molar-refractivity contribution in [3.63, 3.8) is 0 Å². The molecule has 1 heterocycles. The fraction of sp³-hybridized carbons (Fsp3) is 0.240. The van der Waals surface area contributed by atoms with Crippen molar-refractivity contribution in [3.8, 4) is 12.3 Å². The summed E-state index contributed by atoms with van der Waals surface area (Å²) in [5.41, 5.74) is 3.48. The van der Waals surface area contributed by atoms with Crippen LogP contribution in [0.15, 0.2) is 77.3 Å². The Balaban J connectivity index is 0.00000101. The highest BCUT2D eigenvalue weighted by Gasteiger charge is 2.32. The highest BCUT2D eigenvalue weighted by Crippen LogP contribution is 2.26. The number of allylic oxidation sites excluding steroid dienone is 3. The number of rotatable bonds is 5. The number of nitrogens with one attached hydrogen (secondary N) is 2. The molecule has 0 spiro atoms. The molecule has 3 nitrogen and oxygen atoms in total. The molecular weight excluding hydrogens is 413 g/mol. The zero-order valence-electron chi connectivity index (χ0n) is 17.5. The quantitative estimate of drug-likeness (QED) is 0.422. The summed E-state index contributed by atoms with van der Waals surface area (Å²) in [5, 5.41) is 8.15. The van der Waals surface area contributed by atoms with Crippen LogP contribution < -0.4 is 10.6 Å². The van der Waals surface area contributed by atoms with E-state index < -0.39 is 0 Å². The first-order chi connectivity index (χ1) is 14.5. The Morgan fingerprint density at radius 1 is 1.13 bits per heavy atom. The van der Waals surface area contributed by atoms with Crippen LogP contribution >= 0.6 is 23.2 Å². The van der Waals surface area contributed by atoms with Crippen molar-refractivity contribution in [2.75, 3.05) is 0 Å². The summed E-state index contributed by atoms with van der Waals surface area (Å²) >= 11 is 12.1. The number of nitrogens with zero attached hydrogens (tertiary/aromatic N) is 1. The zero-order chi connectivity index (χ0) is 21.9. The summed E-state index contributed by atoms with van der Waals surface area (Å²) in [4.78, 5) is 4.70. The molecule has 5 heteroatoms. The minimum atomic E-state index is 0.125. The van der Waals surface area contributed by atoms with E-state index in [0.717, 1.165) is 11.5 Å². The van der Waals surface area contributed by atoms with E-state index in [-0.39, 0.29) is 12.1 Å². The molecule has 1 aliphatic heterocycles. The molecule has 30 heavy (non-hydrogen) atoms. The highest BCUT2D eigenvalue weighted by atomic mass is 35.5. The van der Waals surface area contributed by atoms with Crippen LogP contribution in [0.1, 0.15) is 37.9 Å². The SMILES string of the molecule is C#CC.C/C=C\C=C(/C)[C@H]1NC(=NCc2ccc(Cl)c(Cl)c2)NC1c1ccccc1. The van der Waals surface area contributed by atoms with Gasteiger partial charge in [-0.15, -0.1) is 12.3 Å². The van der Waals surface area contributed by atoms with Crippen molar-refractivity contribution in [2.24, 2.45) is 4.99 Å². The maximum atomic E-state index is 6.10. The van der Waals surface area contributed by atoms with Crippen molar-refractivity contribution in [1.82, 2.24) is 10.6 Å². The monoisotopic (exact) mass is 439 g/mol. The molecule has 3 rings (SSSR count). The van der Waals surface area contributed by atoms with Gasteiger partial charge in [-0.3, -0.25) is 0 Å². The molecule has 1 saturated heterocycles. The van der Waals surface area contributed by atoms with Crippen molar-refractivity contribution >= 4 is 29.2 Å². The third-order valence-electron chi connectivity index (χ3n) is 4.52. The van der Waals surface area contributed by atoms with Crippen LogP contribution in [0.5, 0.6) is 0 Å². The predicted octanol–water partition coefficient (Wildman–Crippen LogP) is 6.31. The van der Waals surface area contributed by atoms with Gasteiger partial charge in [0.05, 0.1) is 28.7 Å². The predicted molar refractivity (Wildman–Crippen MR) is 130 cm³/mol. The third-order valence-corrected chi connectivity index (χ3v) is 5.26. The largest absolute Gasteiger partial charge is 0.347 e. The van der Waals surface area contributed by atoms with Gasteiger partial charge in [0.1, 0.15) is 0 Å². The number of terminal acetylenes is 1. The second-order valence-corrected chi connectivity index (χ2v) is 7.61. The van der Waals surface area contributed by atoms with E-state index in [0.29, 0.717) is 16.6 Å². The molecule has 1 unspecified atom stereocenters. The van der Waals surface area contributed by atoms with Crippen molar-refractivity contribution in [2.45, 2.75) is 39.4 Å². The molecule has 1 fully saturated rings. The number of aliphatic imine (C=N–C) groups is 1. The van der Waals surface area contributed by atoms with Gasteiger partial charge in [-0.05, 0) is 49.6 Å². The molecule has 2 aromatic rings. The van der Waals surface area contributed by atoms with Crippen LogP contribution in [0.4, 0.5) is 0 Å². The van der Waals surface area contributed by atoms with E-state index in [1.807, 2.05) is 31.2 Å². The Morgan fingerprint density at radius 3 is 2.47 bits per heavy atom. The molecule has 0 saturated carbocycles. The normalized spacial score (nSPS) is 19.6. The lowest BCUT2D eigenvalue weighted by Gasteiger charge is -2.19. The summed E-state index contributed by atoms with van der Waals surface area (Å²) < 4.78 is 0. The van der Waals surface area contributed by atoms with Crippen LogP contribution in [0.3, 0.4) is 0 Å². The molecule has 2 atom stereocenters. The highest BCUT2D eigenvalue weighted by molar-refractivity contribution is 6.42. The minimum Gasteiger partial charge on any atom is -0.347 e. The Hall–Kier alpha value is -2.67. The lowest BCUT2D eigenvalue weighted by atomic mass is 9.95. The van der Waals surface area contributed by atoms with E-state index in [9.17, 15) is 0 Å². The summed E-state index contributed by atoms with van der Waals surface area (Å²) in [7, 11) is 0. The van der Waals surface area contributed by atoms with Crippen LogP contribution in [-0.4, -0.2) is 12.0 Å². The van der Waals surface area contributed by atoms with Crippen molar-refractivity contribution < 1.29 is 0 Å². The fourth-order valence-electron chi connectivity index (χ4n) is 3.07. The van der Waals surface area contributed by atoms with Gasteiger partial charge in [-0.1, -0.05) is 77.8 Å². The Kier molecular flexibility index (Phi) is 9.54. The average molecular weight is 440 g/mol. The molecule has 156 valence electrons. The van der Waals surface area contributed by atoms with Crippen LogP contribution in [0, 0.1) is 12.3 Å². The fourth-order valence-corrected chi connectivity index (χ4v) is 3.39.